The summed E-state index contributed by atoms with van der Waals surface area (Å²) in [4.78, 5) is 8.89. The van der Waals surface area contributed by atoms with E-state index >= 15 is 0 Å². The molecule has 0 atom stereocenters. The van der Waals surface area contributed by atoms with Gasteiger partial charge in [-0.05, 0) is 13.3 Å². The summed E-state index contributed by atoms with van der Waals surface area (Å²) in [6.07, 6.45) is 0.875. The van der Waals surface area contributed by atoms with Crippen LogP contribution in [0.3, 0.4) is 0 Å². The standard InChI is InChI=1S/C3H8O.C2H4O2.K/c1-2-3-4;1-2(3)4;/h4H,2-3H2,1H3;1H3,(H,3,4);/q;;+1/p-1. The molecule has 3 nitrogen and oxygen atoms in total. The molecule has 0 aliphatic heterocycles. The molecule has 0 radical (unpaired) electrons. The van der Waals surface area contributed by atoms with Gasteiger partial charge in [0.05, 0.1) is 0 Å². The maximum absolute atomic E-state index is 8.89. The largest absolute Gasteiger partial charge is 1.00 e. The first kappa shape index (κ1) is 16.6. The maximum atomic E-state index is 8.89. The summed E-state index contributed by atoms with van der Waals surface area (Å²) < 4.78 is 0. The van der Waals surface area contributed by atoms with Crippen molar-refractivity contribution in [3.05, 3.63) is 0 Å². The van der Waals surface area contributed by atoms with Crippen LogP contribution in [0.15, 0.2) is 0 Å². The monoisotopic (exact) mass is 158 g/mol. The molecule has 0 fully saturated rings. The molecule has 1 N–H and O–H groups in total. The quantitative estimate of drug-likeness (QED) is 0.397. The SMILES string of the molecule is CC(=O)[O-].CCCO.[K+]. The summed E-state index contributed by atoms with van der Waals surface area (Å²) in [6.45, 7) is 3.22. The van der Waals surface area contributed by atoms with E-state index in [0.717, 1.165) is 13.3 Å². The van der Waals surface area contributed by atoms with Crippen LogP contribution in [0.5, 0.6) is 0 Å². The molecule has 0 heterocycles. The molecule has 0 aromatic heterocycles. The zero-order valence-electron chi connectivity index (χ0n) is 6.18. The molecule has 0 bridgehead atoms. The van der Waals surface area contributed by atoms with Crippen molar-refractivity contribution in [3.63, 3.8) is 0 Å². The number of aliphatic hydroxyl groups excluding tert-OH is 1. The predicted octanol–water partition coefficient (Wildman–Crippen LogP) is -3.85. The summed E-state index contributed by atoms with van der Waals surface area (Å²) in [5.41, 5.74) is 0. The number of carboxylic acid groups (broad SMARTS) is 1. The van der Waals surface area contributed by atoms with Crippen molar-refractivity contribution in [2.45, 2.75) is 20.3 Å². The van der Waals surface area contributed by atoms with Crippen molar-refractivity contribution in [2.24, 2.45) is 0 Å². The molecule has 0 rings (SSSR count). The van der Waals surface area contributed by atoms with Crippen molar-refractivity contribution in [2.75, 3.05) is 6.61 Å². The van der Waals surface area contributed by atoms with E-state index in [0.29, 0.717) is 6.61 Å². The molecular formula is C5H11KO3. The van der Waals surface area contributed by atoms with E-state index in [1.165, 1.54) is 0 Å². The van der Waals surface area contributed by atoms with Crippen LogP contribution in [-0.2, 0) is 4.79 Å². The Hall–Kier alpha value is 1.07. The Bertz CT molecular complexity index is 50.2. The van der Waals surface area contributed by atoms with Crippen molar-refractivity contribution in [1.29, 1.82) is 0 Å². The van der Waals surface area contributed by atoms with E-state index in [-0.39, 0.29) is 51.4 Å². The van der Waals surface area contributed by atoms with Crippen LogP contribution in [0.1, 0.15) is 20.3 Å². The third-order valence-corrected chi connectivity index (χ3v) is 0.224. The minimum Gasteiger partial charge on any atom is -0.550 e. The van der Waals surface area contributed by atoms with E-state index in [1.54, 1.807) is 0 Å². The molecule has 0 unspecified atom stereocenters. The minimum absolute atomic E-state index is 0. The first-order valence-corrected chi connectivity index (χ1v) is 2.43. The van der Waals surface area contributed by atoms with Gasteiger partial charge in [0.2, 0.25) is 0 Å². The van der Waals surface area contributed by atoms with E-state index in [1.807, 2.05) is 6.92 Å². The number of hydrogen-bond acceptors (Lipinski definition) is 3. The predicted molar refractivity (Wildman–Crippen MR) is 28.1 cm³/mol. The number of carbonyl (C=O) groups is 1. The Balaban J connectivity index is -0.0000000720. The average molecular weight is 158 g/mol. The van der Waals surface area contributed by atoms with Gasteiger partial charge in [-0.25, -0.2) is 0 Å². The van der Waals surface area contributed by atoms with Crippen LogP contribution in [-0.4, -0.2) is 17.7 Å². The molecule has 0 saturated carbocycles. The van der Waals surface area contributed by atoms with Crippen LogP contribution >= 0.6 is 0 Å². The molecule has 4 heteroatoms. The Morgan fingerprint density at radius 2 is 1.78 bits per heavy atom. The van der Waals surface area contributed by atoms with Gasteiger partial charge in [-0.15, -0.1) is 0 Å². The average Bonchev–Trinajstić information content (AvgIpc) is 1.65. The first-order valence-electron chi connectivity index (χ1n) is 2.43. The van der Waals surface area contributed by atoms with Crippen LogP contribution in [0, 0.1) is 0 Å². The van der Waals surface area contributed by atoms with Crippen molar-refractivity contribution >= 4 is 5.97 Å². The first-order chi connectivity index (χ1) is 3.65. The second-order valence-electron chi connectivity index (χ2n) is 1.22. The van der Waals surface area contributed by atoms with Crippen LogP contribution in [0.4, 0.5) is 0 Å². The summed E-state index contributed by atoms with van der Waals surface area (Å²) in [7, 11) is 0. The van der Waals surface area contributed by atoms with Crippen LogP contribution in [0.25, 0.3) is 0 Å². The summed E-state index contributed by atoms with van der Waals surface area (Å²) in [6, 6.07) is 0. The summed E-state index contributed by atoms with van der Waals surface area (Å²) in [5.74, 6) is -1.08. The van der Waals surface area contributed by atoms with Gasteiger partial charge in [-0.3, -0.25) is 0 Å². The van der Waals surface area contributed by atoms with Gasteiger partial charge in [-0.2, -0.15) is 0 Å². The fourth-order valence-corrected chi connectivity index (χ4v) is 0. The van der Waals surface area contributed by atoms with Gasteiger partial charge >= 0.3 is 51.4 Å². The van der Waals surface area contributed by atoms with Crippen molar-refractivity contribution in [1.82, 2.24) is 0 Å². The number of carboxylic acids is 1. The molecule has 9 heavy (non-hydrogen) atoms. The number of aliphatic hydroxyl groups is 1. The molecule has 0 amide bonds. The molecular weight excluding hydrogens is 147 g/mol. The zero-order chi connectivity index (χ0) is 6.99. The molecule has 0 aliphatic rings. The molecule has 50 valence electrons. The molecule has 0 spiro atoms. The van der Waals surface area contributed by atoms with Gasteiger partial charge in [0.15, 0.2) is 0 Å². The topological polar surface area (TPSA) is 60.4 Å². The second kappa shape index (κ2) is 16.0. The van der Waals surface area contributed by atoms with Gasteiger partial charge in [-0.1, -0.05) is 6.92 Å². The van der Waals surface area contributed by atoms with Gasteiger partial charge < -0.3 is 15.0 Å². The van der Waals surface area contributed by atoms with Gasteiger partial charge in [0.25, 0.3) is 0 Å². The molecule has 0 aromatic rings. The van der Waals surface area contributed by atoms with Crippen LogP contribution < -0.4 is 56.5 Å². The van der Waals surface area contributed by atoms with Crippen molar-refractivity contribution < 1.29 is 66.4 Å². The van der Waals surface area contributed by atoms with Crippen LogP contribution in [0.2, 0.25) is 0 Å². The number of hydrogen-bond donors (Lipinski definition) is 1. The third-order valence-electron chi connectivity index (χ3n) is 0.224. The normalized spacial score (nSPS) is 6.11. The Labute approximate surface area is 97.9 Å². The number of carbonyl (C=O) groups excluding carboxylic acids is 1. The van der Waals surface area contributed by atoms with Gasteiger partial charge in [0.1, 0.15) is 0 Å². The van der Waals surface area contributed by atoms with E-state index < -0.39 is 5.97 Å². The summed E-state index contributed by atoms with van der Waals surface area (Å²) in [5, 5.41) is 16.8. The fraction of sp³-hybridized carbons (Fsp3) is 0.800. The van der Waals surface area contributed by atoms with E-state index in [9.17, 15) is 0 Å². The maximum Gasteiger partial charge on any atom is 1.00 e. The fourth-order valence-electron chi connectivity index (χ4n) is 0. The second-order valence-corrected chi connectivity index (χ2v) is 1.22. The van der Waals surface area contributed by atoms with Crippen molar-refractivity contribution in [3.8, 4) is 0 Å². The third kappa shape index (κ3) is 106. The zero-order valence-corrected chi connectivity index (χ0v) is 9.30. The Morgan fingerprint density at radius 3 is 1.78 bits per heavy atom. The summed E-state index contributed by atoms with van der Waals surface area (Å²) >= 11 is 0. The molecule has 0 aromatic carbocycles. The Morgan fingerprint density at radius 1 is 1.67 bits per heavy atom. The minimum atomic E-state index is -1.08. The Kier molecular flexibility index (Phi) is 29.5. The molecule has 0 aliphatic carbocycles. The smallest absolute Gasteiger partial charge is 0.550 e. The number of aliphatic carboxylic acids is 1. The van der Waals surface area contributed by atoms with Gasteiger partial charge in [0, 0.05) is 12.6 Å². The molecule has 0 saturated heterocycles. The van der Waals surface area contributed by atoms with E-state index in [2.05, 4.69) is 0 Å². The number of rotatable bonds is 1. The van der Waals surface area contributed by atoms with E-state index in [4.69, 9.17) is 15.0 Å².